The maximum absolute atomic E-state index is 10.2. The molecule has 0 aliphatic carbocycles. The Balaban J connectivity index is 0.00000368. The number of aromatic hydroxyl groups is 1. The predicted molar refractivity (Wildman–Crippen MR) is 171 cm³/mol. The number of nitrogens with zero attached hydrogens (tertiary/aromatic N) is 1. The second kappa shape index (κ2) is 11.6. The van der Waals surface area contributed by atoms with Crippen LogP contribution in [0.1, 0.15) is 79.0 Å². The van der Waals surface area contributed by atoms with Crippen LogP contribution in [-0.2, 0) is 5.88 Å². The average molecular weight is 617 g/mol. The van der Waals surface area contributed by atoms with E-state index in [1.165, 1.54) is 22.0 Å². The van der Waals surface area contributed by atoms with E-state index in [0.29, 0.717) is 29.0 Å². The van der Waals surface area contributed by atoms with Crippen LogP contribution in [0.5, 0.6) is 28.7 Å². The van der Waals surface area contributed by atoms with Crippen LogP contribution in [0.2, 0.25) is 0 Å². The van der Waals surface area contributed by atoms with Crippen LogP contribution in [0, 0.1) is 20.8 Å². The number of phenolic OH excluding ortho intramolecular Hbond substituents is 1. The molecule has 1 unspecified atom stereocenters. The van der Waals surface area contributed by atoms with Crippen molar-refractivity contribution in [3.8, 4) is 28.7 Å². The fraction of sp³-hybridized carbons (Fsp3) is 0.324. The summed E-state index contributed by atoms with van der Waals surface area (Å²) < 4.78 is 15.5. The molecular formula is C37H39Cl2NO3. The molecule has 0 saturated carbocycles. The van der Waals surface area contributed by atoms with Gasteiger partial charge < -0.3 is 27.0 Å². The Kier molecular flexibility index (Phi) is 8.32. The van der Waals surface area contributed by atoms with Gasteiger partial charge in [0.1, 0.15) is 35.3 Å². The molecule has 1 atom stereocenters. The molecule has 1 N–H and O–H groups in total. The van der Waals surface area contributed by atoms with E-state index in [9.17, 15) is 5.11 Å². The van der Waals surface area contributed by atoms with Crippen molar-refractivity contribution in [2.24, 2.45) is 0 Å². The standard InChI is InChI=1S/C37H38ClNO3.ClH/c1-8-39-32-18-34-31(17-30(32)24(5)19-37(39,6)7)35(28-11-9-25(20-38)13-21(28)2)29-12-10-26(16-33(29)42-34)41-27-14-22(3)36(40)23(4)15-27;/h9-18,24H,8,19-20H2,1-7H3;1H. The molecule has 0 amide bonds. The summed E-state index contributed by atoms with van der Waals surface area (Å²) >= 11 is 6.20. The molecular weight excluding hydrogens is 577 g/mol. The molecule has 4 aromatic rings. The minimum Gasteiger partial charge on any atom is -1.00 e. The van der Waals surface area contributed by atoms with Gasteiger partial charge in [0.05, 0.1) is 6.07 Å². The van der Waals surface area contributed by atoms with Gasteiger partial charge in [-0.2, -0.15) is 0 Å². The molecule has 0 spiro atoms. The average Bonchev–Trinajstić information content (AvgIpc) is 2.94. The zero-order chi connectivity index (χ0) is 29.9. The number of rotatable bonds is 5. The van der Waals surface area contributed by atoms with Crippen molar-refractivity contribution in [1.29, 1.82) is 0 Å². The summed E-state index contributed by atoms with van der Waals surface area (Å²) in [5.41, 5.74) is 8.64. The van der Waals surface area contributed by atoms with Gasteiger partial charge in [0, 0.05) is 40.3 Å². The van der Waals surface area contributed by atoms with Crippen LogP contribution in [0.4, 0.5) is 0 Å². The van der Waals surface area contributed by atoms with Crippen LogP contribution in [0.15, 0.2) is 60.7 Å². The SMILES string of the molecule is CC[N+]1=c2cc3c(cc2C(C)CC1(C)C)=C(c1ccc(CCl)cc1C)c1ccc(Oc2cc(C)c(O)c(C)c2)cc1O3.[Cl-]. The highest BCUT2D eigenvalue weighted by Crippen LogP contribution is 2.41. The number of phenols is 1. The quantitative estimate of drug-likeness (QED) is 0.223. The van der Waals surface area contributed by atoms with Gasteiger partial charge in [-0.1, -0.05) is 25.1 Å². The minimum absolute atomic E-state index is 0. The molecule has 2 aliphatic rings. The van der Waals surface area contributed by atoms with Crippen molar-refractivity contribution in [1.82, 2.24) is 4.58 Å². The van der Waals surface area contributed by atoms with Gasteiger partial charge >= 0.3 is 0 Å². The van der Waals surface area contributed by atoms with Crippen LogP contribution < -0.4 is 37.0 Å². The minimum atomic E-state index is 0. The molecule has 6 rings (SSSR count). The van der Waals surface area contributed by atoms with E-state index in [2.05, 4.69) is 75.6 Å². The second-order valence-electron chi connectivity index (χ2n) is 12.5. The number of ether oxygens (including phenoxy) is 2. The maximum Gasteiger partial charge on any atom is 0.207 e. The molecule has 0 radical (unpaired) electrons. The first-order valence-corrected chi connectivity index (χ1v) is 15.3. The van der Waals surface area contributed by atoms with Crippen molar-refractivity contribution >= 4 is 17.2 Å². The smallest absolute Gasteiger partial charge is 0.207 e. The summed E-state index contributed by atoms with van der Waals surface area (Å²) in [4.78, 5) is 0. The predicted octanol–water partition coefficient (Wildman–Crippen LogP) is 5.00. The van der Waals surface area contributed by atoms with Gasteiger partial charge in [0.2, 0.25) is 5.36 Å². The summed E-state index contributed by atoms with van der Waals surface area (Å²) in [6.45, 7) is 16.1. The highest BCUT2D eigenvalue weighted by Gasteiger charge is 2.38. The number of benzene rings is 4. The highest BCUT2D eigenvalue weighted by atomic mass is 35.5. The first-order chi connectivity index (χ1) is 20.0. The van der Waals surface area contributed by atoms with E-state index < -0.39 is 0 Å². The molecule has 0 bridgehead atoms. The summed E-state index contributed by atoms with van der Waals surface area (Å²) in [6, 6.07) is 20.9. The lowest BCUT2D eigenvalue weighted by molar-refractivity contribution is -0.0000114. The number of halogens is 2. The number of aryl methyl sites for hydroxylation is 3. The number of hydrogen-bond acceptors (Lipinski definition) is 3. The molecule has 43 heavy (non-hydrogen) atoms. The summed E-state index contributed by atoms with van der Waals surface area (Å²) in [5.74, 6) is 4.18. The first kappa shape index (κ1) is 31.0. The van der Waals surface area contributed by atoms with E-state index in [-0.39, 0.29) is 17.9 Å². The van der Waals surface area contributed by atoms with Gasteiger partial charge in [-0.05, 0) is 106 Å². The fourth-order valence-corrected chi connectivity index (χ4v) is 7.17. The van der Waals surface area contributed by atoms with Gasteiger partial charge in [-0.3, -0.25) is 0 Å². The van der Waals surface area contributed by atoms with E-state index in [0.717, 1.165) is 57.5 Å². The topological polar surface area (TPSA) is 41.7 Å². The van der Waals surface area contributed by atoms with Crippen LogP contribution >= 0.6 is 11.6 Å². The lowest BCUT2D eigenvalue weighted by atomic mass is 9.81. The fourth-order valence-electron chi connectivity index (χ4n) is 7.00. The molecule has 0 saturated heterocycles. The zero-order valence-electron chi connectivity index (χ0n) is 25.9. The lowest BCUT2D eigenvalue weighted by Crippen LogP contribution is -3.00. The Morgan fingerprint density at radius 2 is 1.60 bits per heavy atom. The Hall–Kier alpha value is -3.47. The van der Waals surface area contributed by atoms with Crippen LogP contribution in [0.3, 0.4) is 0 Å². The van der Waals surface area contributed by atoms with Crippen LogP contribution in [0.25, 0.3) is 5.57 Å². The number of alkyl halides is 1. The van der Waals surface area contributed by atoms with E-state index in [4.69, 9.17) is 21.1 Å². The Morgan fingerprint density at radius 3 is 2.26 bits per heavy atom. The number of fused-ring (bicyclic) bond motifs is 3. The van der Waals surface area contributed by atoms with Crippen molar-refractivity contribution in [3.63, 3.8) is 0 Å². The zero-order valence-corrected chi connectivity index (χ0v) is 27.5. The molecule has 2 aliphatic heterocycles. The molecule has 2 heterocycles. The molecule has 0 fully saturated rings. The third kappa shape index (κ3) is 5.41. The Morgan fingerprint density at radius 1 is 0.907 bits per heavy atom. The van der Waals surface area contributed by atoms with Crippen molar-refractivity contribution in [3.05, 3.63) is 110 Å². The maximum atomic E-state index is 10.2. The molecule has 224 valence electrons. The van der Waals surface area contributed by atoms with Crippen molar-refractivity contribution in [2.75, 3.05) is 6.54 Å². The van der Waals surface area contributed by atoms with Gasteiger partial charge in [-0.25, -0.2) is 4.58 Å². The van der Waals surface area contributed by atoms with Gasteiger partial charge in [0.25, 0.3) is 0 Å². The van der Waals surface area contributed by atoms with E-state index in [1.807, 2.05) is 38.1 Å². The Bertz CT molecular complexity index is 1850. The van der Waals surface area contributed by atoms with Crippen molar-refractivity contribution < 1.29 is 27.0 Å². The van der Waals surface area contributed by atoms with Crippen molar-refractivity contribution in [2.45, 2.75) is 72.2 Å². The normalized spacial score (nSPS) is 16.4. The Labute approximate surface area is 265 Å². The summed E-state index contributed by atoms with van der Waals surface area (Å²) in [7, 11) is 0. The molecule has 4 nitrogen and oxygen atoms in total. The largest absolute Gasteiger partial charge is 1.00 e. The van der Waals surface area contributed by atoms with Crippen LogP contribution in [-0.4, -0.2) is 17.2 Å². The highest BCUT2D eigenvalue weighted by molar-refractivity contribution is 6.17. The van der Waals surface area contributed by atoms with E-state index in [1.54, 1.807) is 0 Å². The molecule has 0 aromatic heterocycles. The summed E-state index contributed by atoms with van der Waals surface area (Å²) in [5, 5.41) is 12.6. The first-order valence-electron chi connectivity index (χ1n) is 14.8. The molecule has 6 heteroatoms. The monoisotopic (exact) mass is 615 g/mol. The third-order valence-corrected chi connectivity index (χ3v) is 9.24. The second-order valence-corrected chi connectivity index (χ2v) is 12.8. The van der Waals surface area contributed by atoms with Gasteiger partial charge in [-0.15, -0.1) is 11.6 Å². The lowest BCUT2D eigenvalue weighted by Gasteiger charge is -2.31. The summed E-state index contributed by atoms with van der Waals surface area (Å²) in [6.07, 6.45) is 1.10. The van der Waals surface area contributed by atoms with E-state index >= 15 is 0 Å². The number of hydrogen-bond donors (Lipinski definition) is 1. The third-order valence-electron chi connectivity index (χ3n) is 8.93. The van der Waals surface area contributed by atoms with Gasteiger partial charge in [0.15, 0.2) is 5.54 Å². The molecule has 4 aromatic carbocycles.